The van der Waals surface area contributed by atoms with Gasteiger partial charge in [-0.25, -0.2) is 0 Å². The SMILES string of the molecule is C[C@]1(C(=O)O)CC1c1ccccc1. The summed E-state index contributed by atoms with van der Waals surface area (Å²) in [6.07, 6.45) is 0.770. The number of rotatable bonds is 2. The molecule has 1 N–H and O–H groups in total. The summed E-state index contributed by atoms with van der Waals surface area (Å²) in [4.78, 5) is 10.9. The van der Waals surface area contributed by atoms with Gasteiger partial charge < -0.3 is 5.11 Å². The van der Waals surface area contributed by atoms with Crippen molar-refractivity contribution in [3.05, 3.63) is 35.9 Å². The first-order valence-corrected chi connectivity index (χ1v) is 4.43. The van der Waals surface area contributed by atoms with Crippen molar-refractivity contribution >= 4 is 5.97 Å². The van der Waals surface area contributed by atoms with Gasteiger partial charge in [0, 0.05) is 5.92 Å². The van der Waals surface area contributed by atoms with Crippen LogP contribution in [-0.2, 0) is 4.79 Å². The van der Waals surface area contributed by atoms with Crippen LogP contribution in [0.2, 0.25) is 0 Å². The van der Waals surface area contributed by atoms with E-state index in [1.165, 1.54) is 0 Å². The molecule has 2 heteroatoms. The summed E-state index contributed by atoms with van der Waals surface area (Å²) in [6.45, 7) is 1.81. The van der Waals surface area contributed by atoms with E-state index in [0.717, 1.165) is 12.0 Å². The molecular weight excluding hydrogens is 164 g/mol. The minimum Gasteiger partial charge on any atom is -0.481 e. The van der Waals surface area contributed by atoms with Gasteiger partial charge in [-0.3, -0.25) is 4.79 Å². The first-order chi connectivity index (χ1) is 6.14. The summed E-state index contributed by atoms with van der Waals surface area (Å²) in [5.74, 6) is -0.465. The van der Waals surface area contributed by atoms with E-state index in [2.05, 4.69) is 0 Å². The lowest BCUT2D eigenvalue weighted by molar-refractivity contribution is -0.142. The highest BCUT2D eigenvalue weighted by Crippen LogP contribution is 2.58. The Morgan fingerprint density at radius 3 is 2.54 bits per heavy atom. The van der Waals surface area contributed by atoms with Crippen LogP contribution in [0.3, 0.4) is 0 Å². The molecule has 1 aromatic rings. The van der Waals surface area contributed by atoms with Crippen LogP contribution in [0.1, 0.15) is 24.8 Å². The number of hydrogen-bond donors (Lipinski definition) is 1. The average molecular weight is 176 g/mol. The van der Waals surface area contributed by atoms with E-state index >= 15 is 0 Å². The Kier molecular flexibility index (Phi) is 1.65. The number of carboxylic acids is 1. The maximum Gasteiger partial charge on any atom is 0.309 e. The highest BCUT2D eigenvalue weighted by Gasteiger charge is 2.56. The predicted molar refractivity (Wildman–Crippen MR) is 49.5 cm³/mol. The molecule has 1 unspecified atom stereocenters. The van der Waals surface area contributed by atoms with Gasteiger partial charge >= 0.3 is 5.97 Å². The Morgan fingerprint density at radius 2 is 2.08 bits per heavy atom. The third kappa shape index (κ3) is 1.22. The molecule has 0 aliphatic heterocycles. The molecule has 1 fully saturated rings. The summed E-state index contributed by atoms with van der Waals surface area (Å²) < 4.78 is 0. The Morgan fingerprint density at radius 1 is 1.46 bits per heavy atom. The molecule has 0 bridgehead atoms. The van der Waals surface area contributed by atoms with Crippen molar-refractivity contribution in [3.8, 4) is 0 Å². The number of benzene rings is 1. The second-order valence-electron chi connectivity index (χ2n) is 3.89. The molecule has 2 atom stereocenters. The summed E-state index contributed by atoms with van der Waals surface area (Å²) >= 11 is 0. The lowest BCUT2D eigenvalue weighted by Gasteiger charge is -2.04. The molecular formula is C11H12O2. The van der Waals surface area contributed by atoms with E-state index in [1.54, 1.807) is 0 Å². The van der Waals surface area contributed by atoms with Crippen molar-refractivity contribution in [2.45, 2.75) is 19.3 Å². The fraction of sp³-hybridized carbons (Fsp3) is 0.364. The number of hydrogen-bond acceptors (Lipinski definition) is 1. The fourth-order valence-corrected chi connectivity index (χ4v) is 1.77. The zero-order valence-corrected chi connectivity index (χ0v) is 7.53. The lowest BCUT2D eigenvalue weighted by Crippen LogP contribution is -2.12. The van der Waals surface area contributed by atoms with Crippen molar-refractivity contribution in [2.24, 2.45) is 5.41 Å². The molecule has 13 heavy (non-hydrogen) atoms. The Balaban J connectivity index is 2.21. The standard InChI is InChI=1S/C11H12O2/c1-11(10(12)13)7-9(11)8-5-3-2-4-6-8/h2-6,9H,7H2,1H3,(H,12,13)/t9?,11-/m0/s1. The van der Waals surface area contributed by atoms with Crippen molar-refractivity contribution in [1.82, 2.24) is 0 Å². The van der Waals surface area contributed by atoms with Crippen molar-refractivity contribution in [2.75, 3.05) is 0 Å². The summed E-state index contributed by atoms with van der Waals surface area (Å²) in [5, 5.41) is 8.94. The third-order valence-corrected chi connectivity index (χ3v) is 2.93. The molecule has 0 saturated heterocycles. The minimum atomic E-state index is -0.679. The van der Waals surface area contributed by atoms with Gasteiger partial charge in [-0.05, 0) is 18.9 Å². The Bertz CT molecular complexity index is 331. The number of carboxylic acid groups (broad SMARTS) is 1. The van der Waals surface area contributed by atoms with Crippen LogP contribution in [0.5, 0.6) is 0 Å². The van der Waals surface area contributed by atoms with Crippen LogP contribution in [0.4, 0.5) is 0 Å². The predicted octanol–water partition coefficient (Wildman–Crippen LogP) is 2.26. The molecule has 1 aliphatic carbocycles. The first-order valence-electron chi connectivity index (χ1n) is 4.43. The highest BCUT2D eigenvalue weighted by molar-refractivity contribution is 5.79. The van der Waals surface area contributed by atoms with Gasteiger partial charge in [-0.1, -0.05) is 30.3 Å². The second kappa shape index (κ2) is 2.59. The largest absolute Gasteiger partial charge is 0.481 e. The monoisotopic (exact) mass is 176 g/mol. The molecule has 0 amide bonds. The van der Waals surface area contributed by atoms with Crippen LogP contribution >= 0.6 is 0 Å². The molecule has 1 saturated carbocycles. The maximum atomic E-state index is 10.9. The number of aliphatic carboxylic acids is 1. The van der Waals surface area contributed by atoms with Crippen LogP contribution in [0.15, 0.2) is 30.3 Å². The summed E-state index contributed by atoms with van der Waals surface area (Å²) in [7, 11) is 0. The summed E-state index contributed by atoms with van der Waals surface area (Å²) in [6, 6.07) is 9.85. The zero-order valence-electron chi connectivity index (χ0n) is 7.53. The van der Waals surface area contributed by atoms with Gasteiger partial charge in [0.15, 0.2) is 0 Å². The third-order valence-electron chi connectivity index (χ3n) is 2.93. The van der Waals surface area contributed by atoms with E-state index in [1.807, 2.05) is 37.3 Å². The molecule has 0 aromatic heterocycles. The van der Waals surface area contributed by atoms with Crippen LogP contribution < -0.4 is 0 Å². The second-order valence-corrected chi connectivity index (χ2v) is 3.89. The molecule has 2 nitrogen and oxygen atoms in total. The minimum absolute atomic E-state index is 0.214. The summed E-state index contributed by atoms with van der Waals surface area (Å²) in [5.41, 5.74) is 0.633. The van der Waals surface area contributed by atoms with E-state index in [9.17, 15) is 4.79 Å². The van der Waals surface area contributed by atoms with Gasteiger partial charge in [-0.2, -0.15) is 0 Å². The van der Waals surface area contributed by atoms with Crippen molar-refractivity contribution < 1.29 is 9.90 Å². The number of carbonyl (C=O) groups is 1. The first kappa shape index (κ1) is 8.30. The normalized spacial score (nSPS) is 31.3. The molecule has 0 radical (unpaired) electrons. The van der Waals surface area contributed by atoms with Crippen LogP contribution in [0, 0.1) is 5.41 Å². The van der Waals surface area contributed by atoms with Gasteiger partial charge in [-0.15, -0.1) is 0 Å². The molecule has 0 spiro atoms. The molecule has 2 rings (SSSR count). The zero-order chi connectivity index (χ0) is 9.47. The van der Waals surface area contributed by atoms with Crippen LogP contribution in [0.25, 0.3) is 0 Å². The topological polar surface area (TPSA) is 37.3 Å². The van der Waals surface area contributed by atoms with Gasteiger partial charge in [0.05, 0.1) is 5.41 Å². The molecule has 0 heterocycles. The maximum absolute atomic E-state index is 10.9. The van der Waals surface area contributed by atoms with Crippen molar-refractivity contribution in [1.29, 1.82) is 0 Å². The smallest absolute Gasteiger partial charge is 0.309 e. The van der Waals surface area contributed by atoms with E-state index in [4.69, 9.17) is 5.11 Å². The molecule has 1 aliphatic rings. The van der Waals surface area contributed by atoms with E-state index < -0.39 is 11.4 Å². The highest BCUT2D eigenvalue weighted by atomic mass is 16.4. The average Bonchev–Trinajstić information content (AvgIpc) is 2.81. The van der Waals surface area contributed by atoms with Crippen LogP contribution in [-0.4, -0.2) is 11.1 Å². The van der Waals surface area contributed by atoms with Gasteiger partial charge in [0.1, 0.15) is 0 Å². The van der Waals surface area contributed by atoms with E-state index in [-0.39, 0.29) is 5.92 Å². The quantitative estimate of drug-likeness (QED) is 0.750. The lowest BCUT2D eigenvalue weighted by atomic mass is 10.0. The van der Waals surface area contributed by atoms with E-state index in [0.29, 0.717) is 0 Å². The van der Waals surface area contributed by atoms with Gasteiger partial charge in [0.25, 0.3) is 0 Å². The Hall–Kier alpha value is -1.31. The fourth-order valence-electron chi connectivity index (χ4n) is 1.77. The van der Waals surface area contributed by atoms with Gasteiger partial charge in [0.2, 0.25) is 0 Å². The molecule has 68 valence electrons. The Labute approximate surface area is 77.2 Å². The van der Waals surface area contributed by atoms with Crippen molar-refractivity contribution in [3.63, 3.8) is 0 Å². The molecule has 1 aromatic carbocycles.